The van der Waals surface area contributed by atoms with Gasteiger partial charge in [0.05, 0.1) is 6.42 Å². The molecule has 1 unspecified atom stereocenters. The van der Waals surface area contributed by atoms with Gasteiger partial charge in [0.25, 0.3) is 0 Å². The number of rotatable bonds is 0. The molecule has 0 aliphatic carbocycles. The Morgan fingerprint density at radius 2 is 2.75 bits per heavy atom. The molecule has 2 aliphatic heterocycles. The first-order valence-corrected chi connectivity index (χ1v) is 2.51. The first kappa shape index (κ1) is 3.95. The summed E-state index contributed by atoms with van der Waals surface area (Å²) in [7, 11) is 0. The lowest BCUT2D eigenvalue weighted by atomic mass is 10.2. The van der Waals surface area contributed by atoms with Crippen molar-refractivity contribution in [3.05, 3.63) is 12.5 Å². The lowest BCUT2D eigenvalue weighted by molar-refractivity contribution is -0.152. The van der Waals surface area contributed by atoms with Crippen LogP contribution in [0, 0.1) is 0 Å². The van der Waals surface area contributed by atoms with E-state index in [2.05, 4.69) is 0 Å². The summed E-state index contributed by atoms with van der Waals surface area (Å²) < 4.78 is 4.95. The van der Waals surface area contributed by atoms with Crippen molar-refractivity contribution in [3.63, 3.8) is 0 Å². The van der Waals surface area contributed by atoms with E-state index in [1.54, 1.807) is 17.4 Å². The molecule has 8 heavy (non-hydrogen) atoms. The van der Waals surface area contributed by atoms with Crippen molar-refractivity contribution in [2.45, 2.75) is 12.6 Å². The second-order valence-corrected chi connectivity index (χ2v) is 1.88. The van der Waals surface area contributed by atoms with E-state index in [1.807, 2.05) is 0 Å². The Kier molecular flexibility index (Phi) is 0.516. The summed E-state index contributed by atoms with van der Waals surface area (Å²) in [5, 5.41) is 0. The van der Waals surface area contributed by atoms with Gasteiger partial charge in [0, 0.05) is 6.20 Å². The lowest BCUT2D eigenvalue weighted by Crippen LogP contribution is -2.46. The molecule has 42 valence electrons. The molecule has 0 N–H and O–H groups in total. The number of hydrogen-bond acceptors (Lipinski definition) is 2. The predicted octanol–water partition coefficient (Wildman–Crippen LogP) is 0.0462. The summed E-state index contributed by atoms with van der Waals surface area (Å²) in [4.78, 5) is 12.1. The van der Waals surface area contributed by atoms with Crippen LogP contribution < -0.4 is 0 Å². The summed E-state index contributed by atoms with van der Waals surface area (Å²) in [6.07, 6.45) is 3.81. The van der Waals surface area contributed by atoms with Crippen LogP contribution in [-0.4, -0.2) is 17.0 Å². The summed E-state index contributed by atoms with van der Waals surface area (Å²) in [6.45, 7) is 0. The molecule has 2 rings (SSSR count). The van der Waals surface area contributed by atoms with Crippen LogP contribution >= 0.6 is 0 Å². The molecule has 0 aromatic rings. The molecule has 0 radical (unpaired) electrons. The van der Waals surface area contributed by atoms with Gasteiger partial charge in [-0.15, -0.1) is 0 Å². The fourth-order valence-corrected chi connectivity index (χ4v) is 0.886. The molecule has 1 saturated heterocycles. The zero-order chi connectivity index (χ0) is 5.56. The van der Waals surface area contributed by atoms with Crippen LogP contribution in [0.4, 0.5) is 0 Å². The minimum absolute atomic E-state index is 0.0440. The van der Waals surface area contributed by atoms with Gasteiger partial charge in [-0.3, -0.25) is 9.69 Å². The van der Waals surface area contributed by atoms with E-state index in [1.165, 1.54) is 0 Å². The SMILES string of the molecule is O=C1CC2OC=CN12. The maximum atomic E-state index is 10.5. The second-order valence-electron chi connectivity index (χ2n) is 1.88. The standard InChI is InChI=1S/C5H5NO2/c7-4-3-5-6(4)1-2-8-5/h1-2,5H,3H2. The molecular weight excluding hydrogens is 106 g/mol. The molecule has 0 saturated carbocycles. The monoisotopic (exact) mass is 111 g/mol. The molecular formula is C5H5NO2. The molecule has 1 amide bonds. The first-order chi connectivity index (χ1) is 3.88. The van der Waals surface area contributed by atoms with E-state index in [0.717, 1.165) is 0 Å². The van der Waals surface area contributed by atoms with Gasteiger partial charge in [0.15, 0.2) is 6.23 Å². The molecule has 0 aromatic carbocycles. The third-order valence-electron chi connectivity index (χ3n) is 1.40. The Bertz CT molecular complexity index is 164. The van der Waals surface area contributed by atoms with E-state index in [-0.39, 0.29) is 12.1 Å². The highest BCUT2D eigenvalue weighted by Gasteiger charge is 2.38. The summed E-state index contributed by atoms with van der Waals surface area (Å²) in [5.74, 6) is 0.156. The highest BCUT2D eigenvalue weighted by atomic mass is 16.5. The Morgan fingerprint density at radius 1 is 1.88 bits per heavy atom. The Balaban J connectivity index is 2.21. The molecule has 0 bridgehead atoms. The molecule has 2 aliphatic rings. The Morgan fingerprint density at radius 3 is 3.25 bits per heavy atom. The van der Waals surface area contributed by atoms with Crippen LogP contribution in [0.3, 0.4) is 0 Å². The number of β-lactam (4-membered cyclic amide) rings is 1. The molecule has 2 heterocycles. The van der Waals surface area contributed by atoms with Gasteiger partial charge in [0.1, 0.15) is 6.26 Å². The Labute approximate surface area is 46.5 Å². The zero-order valence-electron chi connectivity index (χ0n) is 4.20. The third kappa shape index (κ3) is 0.278. The van der Waals surface area contributed by atoms with Crippen molar-refractivity contribution < 1.29 is 9.53 Å². The van der Waals surface area contributed by atoms with Crippen molar-refractivity contribution in [1.29, 1.82) is 0 Å². The number of ether oxygens (including phenoxy) is 1. The fourth-order valence-electron chi connectivity index (χ4n) is 0.886. The average molecular weight is 111 g/mol. The number of carbonyl (C=O) groups excluding carboxylic acids is 1. The average Bonchev–Trinajstić information content (AvgIpc) is 2.09. The quantitative estimate of drug-likeness (QED) is 0.413. The lowest BCUT2D eigenvalue weighted by Gasteiger charge is -2.30. The van der Waals surface area contributed by atoms with Gasteiger partial charge in [-0.25, -0.2) is 0 Å². The zero-order valence-corrected chi connectivity index (χ0v) is 4.20. The number of carbonyl (C=O) groups is 1. The van der Waals surface area contributed by atoms with Gasteiger partial charge in [-0.05, 0) is 0 Å². The van der Waals surface area contributed by atoms with E-state index in [9.17, 15) is 4.79 Å². The van der Waals surface area contributed by atoms with Gasteiger partial charge in [-0.1, -0.05) is 0 Å². The summed E-state index contributed by atoms with van der Waals surface area (Å²) in [5.41, 5.74) is 0. The maximum absolute atomic E-state index is 10.5. The second kappa shape index (κ2) is 1.05. The number of nitrogens with zero attached hydrogens (tertiary/aromatic N) is 1. The van der Waals surface area contributed by atoms with Crippen molar-refractivity contribution in [1.82, 2.24) is 4.90 Å². The van der Waals surface area contributed by atoms with Gasteiger partial charge in [0.2, 0.25) is 5.91 Å². The number of hydrogen-bond donors (Lipinski definition) is 0. The van der Waals surface area contributed by atoms with Crippen molar-refractivity contribution in [2.24, 2.45) is 0 Å². The predicted molar refractivity (Wildman–Crippen MR) is 25.5 cm³/mol. The van der Waals surface area contributed by atoms with Crippen LogP contribution in [0.25, 0.3) is 0 Å². The van der Waals surface area contributed by atoms with E-state index >= 15 is 0 Å². The summed E-state index contributed by atoms with van der Waals surface area (Å²) in [6, 6.07) is 0. The highest BCUT2D eigenvalue weighted by Crippen LogP contribution is 2.24. The van der Waals surface area contributed by atoms with Crippen LogP contribution in [0.5, 0.6) is 0 Å². The van der Waals surface area contributed by atoms with E-state index < -0.39 is 0 Å². The third-order valence-corrected chi connectivity index (χ3v) is 1.40. The van der Waals surface area contributed by atoms with Crippen molar-refractivity contribution >= 4 is 5.91 Å². The smallest absolute Gasteiger partial charge is 0.235 e. The van der Waals surface area contributed by atoms with Crippen LogP contribution in [-0.2, 0) is 9.53 Å². The minimum atomic E-state index is 0.0440. The van der Waals surface area contributed by atoms with Crippen molar-refractivity contribution in [2.75, 3.05) is 0 Å². The Hall–Kier alpha value is -0.990. The highest BCUT2D eigenvalue weighted by molar-refractivity contribution is 5.84. The molecule has 1 atom stereocenters. The number of amides is 1. The maximum Gasteiger partial charge on any atom is 0.235 e. The van der Waals surface area contributed by atoms with Crippen LogP contribution in [0.1, 0.15) is 6.42 Å². The van der Waals surface area contributed by atoms with Crippen molar-refractivity contribution in [3.8, 4) is 0 Å². The molecule has 1 fully saturated rings. The van der Waals surface area contributed by atoms with Gasteiger partial charge in [-0.2, -0.15) is 0 Å². The topological polar surface area (TPSA) is 29.5 Å². The fraction of sp³-hybridized carbons (Fsp3) is 0.400. The summed E-state index contributed by atoms with van der Waals surface area (Å²) >= 11 is 0. The molecule has 0 spiro atoms. The molecule has 3 heteroatoms. The van der Waals surface area contributed by atoms with Crippen LogP contribution in [0.15, 0.2) is 12.5 Å². The van der Waals surface area contributed by atoms with E-state index in [0.29, 0.717) is 6.42 Å². The van der Waals surface area contributed by atoms with Gasteiger partial charge < -0.3 is 4.74 Å². The molecule has 3 nitrogen and oxygen atoms in total. The molecule has 0 aromatic heterocycles. The largest absolute Gasteiger partial charge is 0.476 e. The minimum Gasteiger partial charge on any atom is -0.476 e. The normalized spacial score (nSPS) is 31.8. The van der Waals surface area contributed by atoms with E-state index in [4.69, 9.17) is 4.74 Å². The number of fused-ring (bicyclic) bond motifs is 1. The van der Waals surface area contributed by atoms with Gasteiger partial charge >= 0.3 is 0 Å². The van der Waals surface area contributed by atoms with Crippen LogP contribution in [0.2, 0.25) is 0 Å². The first-order valence-electron chi connectivity index (χ1n) is 2.51.